The highest BCUT2D eigenvalue weighted by Gasteiger charge is 2.13. The van der Waals surface area contributed by atoms with Crippen LogP contribution in [0.3, 0.4) is 0 Å². The first-order valence-corrected chi connectivity index (χ1v) is 10.9. The third-order valence-electron chi connectivity index (χ3n) is 3.92. The molecule has 0 aliphatic rings. The molecular formula is C18H19FN4O3S2. The normalized spacial score (nSPS) is 11.7. The number of nitrogens with one attached hydrogen (secondary N) is 1. The van der Waals surface area contributed by atoms with Crippen LogP contribution in [0.15, 0.2) is 41.2 Å². The van der Waals surface area contributed by atoms with Crippen molar-refractivity contribution in [3.8, 4) is 10.6 Å². The molecule has 0 unspecified atom stereocenters. The number of hydrogen-bond acceptors (Lipinski definition) is 6. The zero-order chi connectivity index (χ0) is 20.3. The van der Waals surface area contributed by atoms with E-state index in [2.05, 4.69) is 14.8 Å². The Morgan fingerprint density at radius 2 is 1.86 bits per heavy atom. The predicted molar refractivity (Wildman–Crippen MR) is 106 cm³/mol. The minimum absolute atomic E-state index is 0.0145. The van der Waals surface area contributed by atoms with Crippen LogP contribution in [0, 0.1) is 19.7 Å². The van der Waals surface area contributed by atoms with E-state index in [0.29, 0.717) is 11.3 Å². The van der Waals surface area contributed by atoms with Crippen LogP contribution in [0.2, 0.25) is 0 Å². The van der Waals surface area contributed by atoms with E-state index in [-0.39, 0.29) is 24.4 Å². The summed E-state index contributed by atoms with van der Waals surface area (Å²) in [6.07, 6.45) is 0. The van der Waals surface area contributed by atoms with Gasteiger partial charge in [-0.15, -0.1) is 11.3 Å². The van der Waals surface area contributed by atoms with Gasteiger partial charge in [-0.1, -0.05) is 12.1 Å². The number of thiazole rings is 1. The fourth-order valence-corrected chi connectivity index (χ4v) is 4.68. The first-order valence-electron chi connectivity index (χ1n) is 8.48. The van der Waals surface area contributed by atoms with E-state index in [9.17, 15) is 17.6 Å². The largest absolute Gasteiger partial charge is 0.268 e. The lowest BCUT2D eigenvalue weighted by atomic mass is 10.2. The number of sulfonamides is 1. The summed E-state index contributed by atoms with van der Waals surface area (Å²) in [4.78, 5) is 17.3. The lowest BCUT2D eigenvalue weighted by Crippen LogP contribution is -2.32. The number of aryl methyl sites for hydroxylation is 2. The second-order valence-electron chi connectivity index (χ2n) is 6.21. The number of hydrogen-bond donors (Lipinski definition) is 1. The second-order valence-corrected chi connectivity index (χ2v) is 9.22. The molecule has 0 amide bonds. The van der Waals surface area contributed by atoms with Gasteiger partial charge < -0.3 is 0 Å². The van der Waals surface area contributed by atoms with Crippen molar-refractivity contribution in [2.24, 2.45) is 0 Å². The Bertz CT molecular complexity index is 1140. The van der Waals surface area contributed by atoms with Gasteiger partial charge in [0, 0.05) is 12.6 Å². The van der Waals surface area contributed by atoms with E-state index >= 15 is 0 Å². The molecule has 2 heterocycles. The van der Waals surface area contributed by atoms with Crippen LogP contribution in [-0.4, -0.2) is 29.7 Å². The number of halogens is 1. The minimum atomic E-state index is -3.62. The molecule has 0 spiro atoms. The van der Waals surface area contributed by atoms with Gasteiger partial charge in [-0.2, -0.15) is 5.10 Å². The summed E-state index contributed by atoms with van der Waals surface area (Å²) in [5.74, 6) is -0.694. The smallest absolute Gasteiger partial charge is 0.266 e. The van der Waals surface area contributed by atoms with E-state index in [4.69, 9.17) is 0 Å². The quantitative estimate of drug-likeness (QED) is 0.630. The highest BCUT2D eigenvalue weighted by atomic mass is 32.2. The third kappa shape index (κ3) is 5.09. The maximum Gasteiger partial charge on any atom is 0.266 e. The highest BCUT2D eigenvalue weighted by Crippen LogP contribution is 2.27. The molecule has 148 valence electrons. The SMILES string of the molecule is Cc1nc(C)c(-c2ccc(=O)n(CCNS(=O)(=O)Cc3ccc(F)cc3)n2)s1. The van der Waals surface area contributed by atoms with Crippen molar-refractivity contribution in [3.05, 3.63) is 68.8 Å². The molecule has 1 N–H and O–H groups in total. The number of rotatable bonds is 7. The topological polar surface area (TPSA) is 94.0 Å². The van der Waals surface area contributed by atoms with Crippen molar-refractivity contribution in [1.82, 2.24) is 19.5 Å². The summed E-state index contributed by atoms with van der Waals surface area (Å²) in [7, 11) is -3.62. The molecule has 0 radical (unpaired) electrons. The van der Waals surface area contributed by atoms with Crippen LogP contribution in [0.1, 0.15) is 16.3 Å². The average molecular weight is 423 g/mol. The van der Waals surface area contributed by atoms with Gasteiger partial charge >= 0.3 is 0 Å². The Balaban J connectivity index is 1.67. The molecule has 0 aliphatic heterocycles. The van der Waals surface area contributed by atoms with Gasteiger partial charge in [0.05, 0.1) is 27.9 Å². The molecule has 10 heteroatoms. The molecule has 0 bridgehead atoms. The zero-order valence-corrected chi connectivity index (χ0v) is 17.0. The van der Waals surface area contributed by atoms with Gasteiger partial charge in [0.15, 0.2) is 0 Å². The van der Waals surface area contributed by atoms with Gasteiger partial charge in [0.1, 0.15) is 11.5 Å². The van der Waals surface area contributed by atoms with Gasteiger partial charge in [0.25, 0.3) is 5.56 Å². The second kappa shape index (κ2) is 8.29. The molecular weight excluding hydrogens is 403 g/mol. The summed E-state index contributed by atoms with van der Waals surface area (Å²) >= 11 is 1.49. The summed E-state index contributed by atoms with van der Waals surface area (Å²) < 4.78 is 40.9. The maximum absolute atomic E-state index is 12.9. The number of aromatic nitrogens is 3. The van der Waals surface area contributed by atoms with E-state index < -0.39 is 15.8 Å². The Morgan fingerprint density at radius 3 is 2.50 bits per heavy atom. The number of nitrogens with zero attached hydrogens (tertiary/aromatic N) is 3. The van der Waals surface area contributed by atoms with Crippen molar-refractivity contribution in [2.75, 3.05) is 6.54 Å². The van der Waals surface area contributed by atoms with E-state index in [1.54, 1.807) is 6.07 Å². The number of benzene rings is 1. The molecule has 28 heavy (non-hydrogen) atoms. The van der Waals surface area contributed by atoms with Crippen LogP contribution in [0.4, 0.5) is 4.39 Å². The van der Waals surface area contributed by atoms with Crippen molar-refractivity contribution < 1.29 is 12.8 Å². The van der Waals surface area contributed by atoms with E-state index in [1.807, 2.05) is 13.8 Å². The fraction of sp³-hybridized carbons (Fsp3) is 0.278. The minimum Gasteiger partial charge on any atom is -0.268 e. The Labute approximate surface area is 165 Å². The molecule has 0 atom stereocenters. The molecule has 0 saturated carbocycles. The van der Waals surface area contributed by atoms with Crippen LogP contribution in [-0.2, 0) is 22.3 Å². The molecule has 3 rings (SSSR count). The van der Waals surface area contributed by atoms with Crippen molar-refractivity contribution in [3.63, 3.8) is 0 Å². The third-order valence-corrected chi connectivity index (χ3v) is 6.37. The molecule has 7 nitrogen and oxygen atoms in total. The van der Waals surface area contributed by atoms with Crippen molar-refractivity contribution in [1.29, 1.82) is 0 Å². The average Bonchev–Trinajstić information content (AvgIpc) is 2.96. The maximum atomic E-state index is 12.9. The fourth-order valence-electron chi connectivity index (χ4n) is 2.66. The molecule has 0 aliphatic carbocycles. The summed E-state index contributed by atoms with van der Waals surface area (Å²) in [5.41, 5.74) is 1.61. The Hall–Kier alpha value is -2.43. The van der Waals surface area contributed by atoms with Gasteiger partial charge in [-0.25, -0.2) is 27.2 Å². The van der Waals surface area contributed by atoms with Crippen LogP contribution < -0.4 is 10.3 Å². The van der Waals surface area contributed by atoms with E-state index in [0.717, 1.165) is 15.6 Å². The Kier molecular flexibility index (Phi) is 6.01. The van der Waals surface area contributed by atoms with Crippen molar-refractivity contribution >= 4 is 21.4 Å². The van der Waals surface area contributed by atoms with Gasteiger partial charge in [0.2, 0.25) is 10.0 Å². The molecule has 2 aromatic heterocycles. The lowest BCUT2D eigenvalue weighted by molar-refractivity contribution is 0.548. The Morgan fingerprint density at radius 1 is 1.14 bits per heavy atom. The monoisotopic (exact) mass is 422 g/mol. The molecule has 0 saturated heterocycles. The molecule has 3 aromatic rings. The molecule has 1 aromatic carbocycles. The standard InChI is InChI=1S/C18H19FN4O3S2/c1-12-18(27-13(2)21-12)16-7-8-17(24)23(22-16)10-9-20-28(25,26)11-14-3-5-15(19)6-4-14/h3-8,20H,9-11H2,1-2H3. The zero-order valence-electron chi connectivity index (χ0n) is 15.3. The highest BCUT2D eigenvalue weighted by molar-refractivity contribution is 7.88. The van der Waals surface area contributed by atoms with Gasteiger partial charge in [-0.05, 0) is 37.6 Å². The lowest BCUT2D eigenvalue weighted by Gasteiger charge is -2.09. The molecule has 0 fully saturated rings. The van der Waals surface area contributed by atoms with Crippen LogP contribution in [0.25, 0.3) is 10.6 Å². The summed E-state index contributed by atoms with van der Waals surface area (Å²) in [5, 5.41) is 5.23. The summed E-state index contributed by atoms with van der Waals surface area (Å²) in [6, 6.07) is 8.31. The predicted octanol–water partition coefficient (Wildman–Crippen LogP) is 2.24. The van der Waals surface area contributed by atoms with Crippen molar-refractivity contribution in [2.45, 2.75) is 26.1 Å². The first kappa shape index (κ1) is 20.3. The van der Waals surface area contributed by atoms with E-state index in [1.165, 1.54) is 46.4 Å². The first-order chi connectivity index (χ1) is 13.2. The van der Waals surface area contributed by atoms with Crippen LogP contribution in [0.5, 0.6) is 0 Å². The van der Waals surface area contributed by atoms with Gasteiger partial charge in [-0.3, -0.25) is 4.79 Å². The van der Waals surface area contributed by atoms with Crippen LogP contribution >= 0.6 is 11.3 Å². The summed E-state index contributed by atoms with van der Waals surface area (Å²) in [6.45, 7) is 3.87.